The number of alkyl halides is 6. The molecular weight excluding hydrogens is 490 g/mol. The highest BCUT2D eigenvalue weighted by Gasteiger charge is 2.51. The van der Waals surface area contributed by atoms with Crippen LogP contribution in [0.1, 0.15) is 78.6 Å². The van der Waals surface area contributed by atoms with E-state index in [2.05, 4.69) is 8.37 Å². The molecule has 3 atom stereocenters. The van der Waals surface area contributed by atoms with Gasteiger partial charge in [0, 0.05) is 0 Å². The van der Waals surface area contributed by atoms with Crippen LogP contribution in [0, 0.1) is 0 Å². The molecule has 0 radical (unpaired) electrons. The van der Waals surface area contributed by atoms with Crippen molar-refractivity contribution in [3.63, 3.8) is 0 Å². The van der Waals surface area contributed by atoms with Crippen molar-refractivity contribution < 1.29 is 51.5 Å². The van der Waals surface area contributed by atoms with Gasteiger partial charge in [-0.1, -0.05) is 59.3 Å². The molecule has 0 aromatic heterocycles. The Morgan fingerprint density at radius 3 is 1.44 bits per heavy atom. The molecule has 0 aromatic rings. The summed E-state index contributed by atoms with van der Waals surface area (Å²) in [5.74, 6) is 0. The Bertz CT molecular complexity index is 734. The summed E-state index contributed by atoms with van der Waals surface area (Å²) in [5.41, 5.74) is 0. The molecule has 0 saturated carbocycles. The molecule has 0 fully saturated rings. The summed E-state index contributed by atoms with van der Waals surface area (Å²) >= 11 is 0. The Kier molecular flexibility index (Phi) is 13.1. The van der Waals surface area contributed by atoms with Crippen molar-refractivity contribution in [2.45, 2.75) is 108 Å². The second kappa shape index (κ2) is 13.3. The van der Waals surface area contributed by atoms with Crippen molar-refractivity contribution >= 4 is 20.2 Å². The second-order valence-electron chi connectivity index (χ2n) is 7.45. The zero-order chi connectivity index (χ0) is 25.2. The molecule has 3 unspecified atom stereocenters. The first-order valence-corrected chi connectivity index (χ1v) is 13.4. The van der Waals surface area contributed by atoms with Gasteiger partial charge in [0.05, 0.1) is 6.61 Å². The van der Waals surface area contributed by atoms with Crippen LogP contribution in [-0.2, 0) is 28.6 Å². The van der Waals surface area contributed by atoms with Crippen molar-refractivity contribution in [1.82, 2.24) is 0 Å². The van der Waals surface area contributed by atoms with Gasteiger partial charge in [0.15, 0.2) is 10.5 Å². The molecule has 0 aliphatic rings. The van der Waals surface area contributed by atoms with Crippen molar-refractivity contribution in [1.29, 1.82) is 0 Å². The van der Waals surface area contributed by atoms with Gasteiger partial charge in [0.2, 0.25) is 0 Å². The Balaban J connectivity index is 5.39. The predicted octanol–water partition coefficient (Wildman–Crippen LogP) is 5.48. The minimum Gasteiger partial charge on any atom is -0.267 e. The first kappa shape index (κ1) is 31.4. The quantitative estimate of drug-likeness (QED) is 0.152. The first-order valence-electron chi connectivity index (χ1n) is 10.5. The van der Waals surface area contributed by atoms with Crippen LogP contribution < -0.4 is 0 Å². The van der Waals surface area contributed by atoms with E-state index in [1.54, 1.807) is 13.8 Å². The zero-order valence-electron chi connectivity index (χ0n) is 18.3. The fraction of sp³-hybridized carbons (Fsp3) is 1.00. The number of halogens is 6. The van der Waals surface area contributed by atoms with Gasteiger partial charge in [-0.15, -0.1) is 0 Å². The Labute approximate surface area is 186 Å². The van der Waals surface area contributed by atoms with Gasteiger partial charge >= 0.3 is 12.4 Å². The normalized spacial score (nSPS) is 16.7. The van der Waals surface area contributed by atoms with E-state index >= 15 is 0 Å². The van der Waals surface area contributed by atoms with Crippen LogP contribution in [0.25, 0.3) is 0 Å². The van der Waals surface area contributed by atoms with Gasteiger partial charge in [-0.05, 0) is 19.3 Å². The highest BCUT2D eigenvalue weighted by Crippen LogP contribution is 2.33. The monoisotopic (exact) mass is 522 g/mol. The fourth-order valence-corrected chi connectivity index (χ4v) is 5.60. The van der Waals surface area contributed by atoms with E-state index in [4.69, 9.17) is 0 Å². The smallest absolute Gasteiger partial charge is 0.267 e. The van der Waals surface area contributed by atoms with Gasteiger partial charge in [-0.2, -0.15) is 43.2 Å². The largest absolute Gasteiger partial charge is 0.407 e. The standard InChI is InChI=1S/C18H32F6O6S2/c1-4-7-9-11-15(17(19,20)21)31(25,26)29-13-14(6-3)30-32(27,28)16(18(22,23)24)12-10-8-5-2/h14-16H,4-13H2,1-3H3. The van der Waals surface area contributed by atoms with Gasteiger partial charge in [0.1, 0.15) is 6.10 Å². The summed E-state index contributed by atoms with van der Waals surface area (Å²) < 4.78 is 137. The van der Waals surface area contributed by atoms with Crippen molar-refractivity contribution in [2.75, 3.05) is 6.61 Å². The number of hydrogen-bond donors (Lipinski definition) is 0. The van der Waals surface area contributed by atoms with Crippen molar-refractivity contribution in [3.05, 3.63) is 0 Å². The Hall–Kier alpha value is -0.600. The molecule has 0 aliphatic carbocycles. The number of hydrogen-bond acceptors (Lipinski definition) is 6. The van der Waals surface area contributed by atoms with E-state index in [-0.39, 0.29) is 19.3 Å². The first-order chi connectivity index (χ1) is 14.5. The average Bonchev–Trinajstić information content (AvgIpc) is 2.63. The van der Waals surface area contributed by atoms with Crippen molar-refractivity contribution in [2.24, 2.45) is 0 Å². The van der Waals surface area contributed by atoms with Gasteiger partial charge in [-0.3, -0.25) is 8.37 Å². The Morgan fingerprint density at radius 1 is 0.688 bits per heavy atom. The zero-order valence-corrected chi connectivity index (χ0v) is 20.0. The van der Waals surface area contributed by atoms with E-state index in [0.29, 0.717) is 25.7 Å². The molecule has 32 heavy (non-hydrogen) atoms. The molecule has 0 heterocycles. The van der Waals surface area contributed by atoms with E-state index in [0.717, 1.165) is 0 Å². The lowest BCUT2D eigenvalue weighted by molar-refractivity contribution is -0.135. The van der Waals surface area contributed by atoms with Gasteiger partial charge < -0.3 is 0 Å². The van der Waals surface area contributed by atoms with Crippen molar-refractivity contribution in [3.8, 4) is 0 Å². The molecule has 0 aliphatic heterocycles. The molecule has 0 amide bonds. The molecular formula is C18H32F6O6S2. The summed E-state index contributed by atoms with van der Waals surface area (Å²) in [6.07, 6.45) is -12.0. The summed E-state index contributed by atoms with van der Waals surface area (Å²) in [4.78, 5) is 0. The maximum absolute atomic E-state index is 13.2. The molecule has 194 valence electrons. The molecule has 0 saturated heterocycles. The van der Waals surface area contributed by atoms with Crippen LogP contribution in [0.3, 0.4) is 0 Å². The summed E-state index contributed by atoms with van der Waals surface area (Å²) in [7, 11) is -10.4. The number of rotatable bonds is 16. The highest BCUT2D eigenvalue weighted by atomic mass is 32.2. The van der Waals surface area contributed by atoms with Crippen LogP contribution in [0.5, 0.6) is 0 Å². The Morgan fingerprint density at radius 2 is 1.09 bits per heavy atom. The van der Waals surface area contributed by atoms with E-state index in [1.807, 2.05) is 0 Å². The molecule has 0 bridgehead atoms. The third kappa shape index (κ3) is 11.0. The lowest BCUT2D eigenvalue weighted by Gasteiger charge is -2.24. The molecule has 0 aromatic carbocycles. The van der Waals surface area contributed by atoms with E-state index in [1.165, 1.54) is 6.92 Å². The minimum absolute atomic E-state index is 0.0314. The summed E-state index contributed by atoms with van der Waals surface area (Å²) in [6, 6.07) is 0. The highest BCUT2D eigenvalue weighted by molar-refractivity contribution is 7.87. The maximum atomic E-state index is 13.2. The summed E-state index contributed by atoms with van der Waals surface area (Å²) in [6.45, 7) is 3.55. The van der Waals surface area contributed by atoms with Crippen LogP contribution in [-0.4, -0.2) is 52.4 Å². The average molecular weight is 523 g/mol. The maximum Gasteiger partial charge on any atom is 0.407 e. The van der Waals surface area contributed by atoms with Crippen LogP contribution in [0.4, 0.5) is 26.3 Å². The molecule has 0 spiro atoms. The van der Waals surface area contributed by atoms with E-state index in [9.17, 15) is 43.2 Å². The molecule has 14 heteroatoms. The SMILES string of the molecule is CCCCCC(C(F)(F)F)S(=O)(=O)OCC(CC)OS(=O)(=O)C(CCCCC)C(F)(F)F. The van der Waals surface area contributed by atoms with Gasteiger partial charge in [-0.25, -0.2) is 0 Å². The lowest BCUT2D eigenvalue weighted by atomic mass is 10.1. The third-order valence-corrected chi connectivity index (χ3v) is 8.12. The minimum atomic E-state index is -5.23. The third-order valence-electron chi connectivity index (χ3n) is 4.71. The molecule has 6 nitrogen and oxygen atoms in total. The van der Waals surface area contributed by atoms with Crippen LogP contribution in [0.15, 0.2) is 0 Å². The topological polar surface area (TPSA) is 86.7 Å². The predicted molar refractivity (Wildman–Crippen MR) is 107 cm³/mol. The van der Waals surface area contributed by atoms with Gasteiger partial charge in [0.25, 0.3) is 20.2 Å². The van der Waals surface area contributed by atoms with Crippen LogP contribution in [0.2, 0.25) is 0 Å². The lowest BCUT2D eigenvalue weighted by Crippen LogP contribution is -2.41. The number of unbranched alkanes of at least 4 members (excludes halogenated alkanes) is 4. The summed E-state index contributed by atoms with van der Waals surface area (Å²) in [5, 5.41) is -5.66. The molecule has 0 N–H and O–H groups in total. The van der Waals surface area contributed by atoms with Crippen LogP contribution >= 0.6 is 0 Å². The fourth-order valence-electron chi connectivity index (χ4n) is 2.83. The second-order valence-corrected chi connectivity index (χ2v) is 11.0. The van der Waals surface area contributed by atoms with E-state index < -0.39 is 68.6 Å². The molecule has 0 rings (SSSR count).